The highest BCUT2D eigenvalue weighted by Crippen LogP contribution is 2.25. The molecule has 0 N–H and O–H groups in total. The van der Waals surface area contributed by atoms with Crippen LogP contribution in [0.5, 0.6) is 5.75 Å². The Hall–Kier alpha value is -2.68. The highest BCUT2D eigenvalue weighted by atomic mass is 79.9. The van der Waals surface area contributed by atoms with Crippen LogP contribution in [0.3, 0.4) is 0 Å². The summed E-state index contributed by atoms with van der Waals surface area (Å²) in [5.41, 5.74) is 0. The molecule has 0 radical (unpaired) electrons. The fourth-order valence-corrected chi connectivity index (χ4v) is 2.19. The van der Waals surface area contributed by atoms with E-state index in [1.54, 1.807) is 12.1 Å². The number of halogens is 2. The molecular formula is C15H10BrFN2O5. The highest BCUT2D eigenvalue weighted by Gasteiger charge is 2.13. The van der Waals surface area contributed by atoms with E-state index in [2.05, 4.69) is 26.1 Å². The second-order valence-corrected chi connectivity index (χ2v) is 5.36. The smallest absolute Gasteiger partial charge is 0.344 e. The van der Waals surface area contributed by atoms with Crippen molar-refractivity contribution in [1.82, 2.24) is 10.2 Å². The van der Waals surface area contributed by atoms with Crippen LogP contribution in [0.1, 0.15) is 5.89 Å². The van der Waals surface area contributed by atoms with Crippen molar-refractivity contribution in [3.8, 4) is 17.4 Å². The molecule has 24 heavy (non-hydrogen) atoms. The summed E-state index contributed by atoms with van der Waals surface area (Å²) in [6.07, 6.45) is 1.48. The summed E-state index contributed by atoms with van der Waals surface area (Å²) < 4.78 is 34.0. The number of hydrogen-bond acceptors (Lipinski definition) is 7. The van der Waals surface area contributed by atoms with E-state index in [4.69, 9.17) is 18.3 Å². The summed E-state index contributed by atoms with van der Waals surface area (Å²) in [5.74, 6) is 0.00982. The predicted molar refractivity (Wildman–Crippen MR) is 81.4 cm³/mol. The average Bonchev–Trinajstić information content (AvgIpc) is 3.23. The molecule has 0 spiro atoms. The van der Waals surface area contributed by atoms with Crippen molar-refractivity contribution >= 4 is 21.9 Å². The van der Waals surface area contributed by atoms with Crippen LogP contribution in [0.2, 0.25) is 0 Å². The van der Waals surface area contributed by atoms with Crippen molar-refractivity contribution in [2.24, 2.45) is 0 Å². The molecule has 1 aromatic carbocycles. The number of ether oxygens (including phenoxy) is 2. The summed E-state index contributed by atoms with van der Waals surface area (Å²) in [4.78, 5) is 11.7. The molecule has 0 bridgehead atoms. The van der Waals surface area contributed by atoms with E-state index in [0.29, 0.717) is 16.0 Å². The Morgan fingerprint density at radius 3 is 2.92 bits per heavy atom. The van der Waals surface area contributed by atoms with Crippen molar-refractivity contribution in [2.45, 2.75) is 6.61 Å². The summed E-state index contributed by atoms with van der Waals surface area (Å²) in [6, 6.07) is 7.21. The van der Waals surface area contributed by atoms with Gasteiger partial charge in [-0.25, -0.2) is 9.18 Å². The monoisotopic (exact) mass is 396 g/mol. The van der Waals surface area contributed by atoms with Crippen LogP contribution in [0, 0.1) is 5.82 Å². The predicted octanol–water partition coefficient (Wildman–Crippen LogP) is 3.35. The van der Waals surface area contributed by atoms with Gasteiger partial charge in [0, 0.05) is 0 Å². The van der Waals surface area contributed by atoms with Crippen LogP contribution in [-0.2, 0) is 16.1 Å². The minimum absolute atomic E-state index is 0.123. The Labute approximate surface area is 143 Å². The van der Waals surface area contributed by atoms with Gasteiger partial charge in [0.05, 0.1) is 10.7 Å². The quantitative estimate of drug-likeness (QED) is 0.590. The number of benzene rings is 1. The second-order valence-electron chi connectivity index (χ2n) is 4.50. The summed E-state index contributed by atoms with van der Waals surface area (Å²) in [5, 5.41) is 7.52. The maximum absolute atomic E-state index is 13.0. The van der Waals surface area contributed by atoms with Crippen molar-refractivity contribution in [3.63, 3.8) is 0 Å². The van der Waals surface area contributed by atoms with E-state index in [-0.39, 0.29) is 25.0 Å². The Morgan fingerprint density at radius 1 is 1.29 bits per heavy atom. The largest absolute Gasteiger partial charge is 0.481 e. The van der Waals surface area contributed by atoms with E-state index in [9.17, 15) is 9.18 Å². The van der Waals surface area contributed by atoms with Gasteiger partial charge in [-0.3, -0.25) is 0 Å². The topological polar surface area (TPSA) is 87.6 Å². The lowest BCUT2D eigenvalue weighted by Gasteiger charge is -2.07. The molecule has 2 aromatic heterocycles. The van der Waals surface area contributed by atoms with Gasteiger partial charge in [-0.2, -0.15) is 0 Å². The fourth-order valence-electron chi connectivity index (χ4n) is 1.72. The summed E-state index contributed by atoms with van der Waals surface area (Å²) >= 11 is 3.14. The first kappa shape index (κ1) is 16.2. The second kappa shape index (κ2) is 7.26. The fraction of sp³-hybridized carbons (Fsp3) is 0.133. The molecule has 7 nitrogen and oxygen atoms in total. The summed E-state index contributed by atoms with van der Waals surface area (Å²) in [7, 11) is 0. The number of esters is 1. The normalized spacial score (nSPS) is 10.6. The molecule has 0 amide bonds. The number of hydrogen-bond donors (Lipinski definition) is 0. The van der Waals surface area contributed by atoms with Gasteiger partial charge in [0.25, 0.3) is 11.8 Å². The first-order chi connectivity index (χ1) is 11.6. The molecule has 0 saturated carbocycles. The van der Waals surface area contributed by atoms with Gasteiger partial charge < -0.3 is 18.3 Å². The molecule has 0 aliphatic rings. The Morgan fingerprint density at radius 2 is 2.17 bits per heavy atom. The standard InChI is InChI=1S/C15H10BrFN2O5/c16-10-6-9(17)3-4-11(10)22-8-14(20)23-7-13-18-19-15(24-13)12-2-1-5-21-12/h1-6H,7-8H2. The third-order valence-corrected chi connectivity index (χ3v) is 3.41. The molecule has 3 rings (SSSR count). The molecule has 2 heterocycles. The number of aromatic nitrogens is 2. The van der Waals surface area contributed by atoms with Crippen LogP contribution in [0.4, 0.5) is 4.39 Å². The highest BCUT2D eigenvalue weighted by molar-refractivity contribution is 9.10. The van der Waals surface area contributed by atoms with Gasteiger partial charge in [0.15, 0.2) is 19.0 Å². The average molecular weight is 397 g/mol. The first-order valence-electron chi connectivity index (χ1n) is 6.71. The van der Waals surface area contributed by atoms with Crippen molar-refractivity contribution in [1.29, 1.82) is 0 Å². The third kappa shape index (κ3) is 3.99. The summed E-state index contributed by atoms with van der Waals surface area (Å²) in [6.45, 7) is -0.538. The maximum atomic E-state index is 13.0. The van der Waals surface area contributed by atoms with Gasteiger partial charge in [-0.05, 0) is 46.3 Å². The number of carbonyl (C=O) groups excluding carboxylic acids is 1. The lowest BCUT2D eigenvalue weighted by molar-refractivity contribution is -0.148. The van der Waals surface area contributed by atoms with Gasteiger partial charge in [-0.1, -0.05) is 0 Å². The molecule has 0 aliphatic carbocycles. The lowest BCUT2D eigenvalue weighted by Crippen LogP contribution is -2.15. The molecule has 0 atom stereocenters. The van der Waals surface area contributed by atoms with Crippen LogP contribution in [-0.4, -0.2) is 22.8 Å². The van der Waals surface area contributed by atoms with Crippen LogP contribution in [0.25, 0.3) is 11.7 Å². The molecular weight excluding hydrogens is 387 g/mol. The zero-order valence-corrected chi connectivity index (χ0v) is 13.7. The third-order valence-electron chi connectivity index (χ3n) is 2.79. The van der Waals surface area contributed by atoms with E-state index in [0.717, 1.165) is 0 Å². The van der Waals surface area contributed by atoms with Gasteiger partial charge in [-0.15, -0.1) is 10.2 Å². The SMILES string of the molecule is O=C(COc1ccc(F)cc1Br)OCc1nnc(-c2ccco2)o1. The maximum Gasteiger partial charge on any atom is 0.344 e. The minimum atomic E-state index is -0.635. The number of carbonyl (C=O) groups is 1. The molecule has 0 saturated heterocycles. The minimum Gasteiger partial charge on any atom is -0.481 e. The van der Waals surface area contributed by atoms with Gasteiger partial charge >= 0.3 is 5.97 Å². The van der Waals surface area contributed by atoms with Crippen LogP contribution < -0.4 is 4.74 Å². The zero-order chi connectivity index (χ0) is 16.9. The van der Waals surface area contributed by atoms with E-state index >= 15 is 0 Å². The van der Waals surface area contributed by atoms with Gasteiger partial charge in [0.1, 0.15) is 11.6 Å². The van der Waals surface area contributed by atoms with Crippen LogP contribution in [0.15, 0.2) is 49.9 Å². The van der Waals surface area contributed by atoms with Crippen LogP contribution >= 0.6 is 15.9 Å². The zero-order valence-electron chi connectivity index (χ0n) is 12.1. The molecule has 9 heteroatoms. The molecule has 0 unspecified atom stereocenters. The molecule has 124 valence electrons. The Bertz CT molecular complexity index is 834. The Kier molecular flexibility index (Phi) is 4.90. The van der Waals surface area contributed by atoms with E-state index in [1.807, 2.05) is 0 Å². The molecule has 0 aliphatic heterocycles. The van der Waals surface area contributed by atoms with E-state index in [1.165, 1.54) is 24.5 Å². The number of nitrogens with zero attached hydrogens (tertiary/aromatic N) is 2. The van der Waals surface area contributed by atoms with Crippen molar-refractivity contribution in [2.75, 3.05) is 6.61 Å². The molecule has 3 aromatic rings. The molecule has 0 fully saturated rings. The Balaban J connectivity index is 1.49. The van der Waals surface area contributed by atoms with E-state index < -0.39 is 11.8 Å². The van der Waals surface area contributed by atoms with Gasteiger partial charge in [0.2, 0.25) is 0 Å². The van der Waals surface area contributed by atoms with Crippen molar-refractivity contribution in [3.05, 3.63) is 52.8 Å². The lowest BCUT2D eigenvalue weighted by atomic mass is 10.3. The number of furan rings is 1. The first-order valence-corrected chi connectivity index (χ1v) is 7.51. The number of rotatable bonds is 6. The van der Waals surface area contributed by atoms with Crippen molar-refractivity contribution < 1.29 is 27.5 Å².